The number of nitrogens with one attached hydrogen (secondary N) is 1. The highest BCUT2D eigenvalue weighted by Crippen LogP contribution is 2.16. The third-order valence-electron chi connectivity index (χ3n) is 3.11. The van der Waals surface area contributed by atoms with E-state index in [-0.39, 0.29) is 24.2 Å². The predicted octanol–water partition coefficient (Wildman–Crippen LogP) is 1.73. The molecule has 0 saturated heterocycles. The SMILES string of the molecule is CC(CCO)CNS(=O)(=O)CC(C)c1ccccc1. The fraction of sp³-hybridized carbons (Fsp3) is 0.571. The summed E-state index contributed by atoms with van der Waals surface area (Å²) in [5, 5.41) is 8.78. The Hall–Kier alpha value is -0.910. The average Bonchev–Trinajstić information content (AvgIpc) is 2.37. The lowest BCUT2D eigenvalue weighted by Gasteiger charge is -2.15. The molecule has 2 N–H and O–H groups in total. The third kappa shape index (κ3) is 6.18. The highest BCUT2D eigenvalue weighted by Gasteiger charge is 2.17. The molecule has 0 aliphatic rings. The molecule has 2 atom stereocenters. The quantitative estimate of drug-likeness (QED) is 0.764. The highest BCUT2D eigenvalue weighted by atomic mass is 32.2. The van der Waals surface area contributed by atoms with Crippen molar-refractivity contribution in [3.63, 3.8) is 0 Å². The van der Waals surface area contributed by atoms with E-state index in [1.54, 1.807) is 0 Å². The van der Waals surface area contributed by atoms with Crippen LogP contribution in [0.3, 0.4) is 0 Å². The number of aliphatic hydroxyl groups excluding tert-OH is 1. The van der Waals surface area contributed by atoms with Gasteiger partial charge in [0.25, 0.3) is 0 Å². The van der Waals surface area contributed by atoms with Crippen molar-refractivity contribution in [2.45, 2.75) is 26.2 Å². The number of aliphatic hydroxyl groups is 1. The molecule has 0 radical (unpaired) electrons. The summed E-state index contributed by atoms with van der Waals surface area (Å²) in [5.74, 6) is 0.196. The van der Waals surface area contributed by atoms with Crippen LogP contribution in [0, 0.1) is 5.92 Å². The van der Waals surface area contributed by atoms with E-state index in [2.05, 4.69) is 4.72 Å². The van der Waals surface area contributed by atoms with Gasteiger partial charge in [-0.1, -0.05) is 44.2 Å². The molecule has 1 aromatic rings. The second-order valence-electron chi connectivity index (χ2n) is 5.06. The van der Waals surface area contributed by atoms with E-state index in [4.69, 9.17) is 5.11 Å². The Bertz CT molecular complexity index is 459. The monoisotopic (exact) mass is 285 g/mol. The lowest BCUT2D eigenvalue weighted by atomic mass is 10.0. The van der Waals surface area contributed by atoms with Crippen molar-refractivity contribution in [3.8, 4) is 0 Å². The van der Waals surface area contributed by atoms with Crippen LogP contribution in [0.25, 0.3) is 0 Å². The van der Waals surface area contributed by atoms with Crippen LogP contribution in [0.1, 0.15) is 31.7 Å². The summed E-state index contributed by atoms with van der Waals surface area (Å²) in [6.45, 7) is 4.29. The van der Waals surface area contributed by atoms with E-state index in [0.29, 0.717) is 13.0 Å². The normalized spacial score (nSPS) is 15.1. The maximum Gasteiger partial charge on any atom is 0.212 e. The van der Waals surface area contributed by atoms with Gasteiger partial charge in [-0.05, 0) is 23.8 Å². The van der Waals surface area contributed by atoms with Gasteiger partial charge in [0.05, 0.1) is 5.75 Å². The standard InChI is InChI=1S/C14H23NO3S/c1-12(8-9-16)10-15-19(17,18)11-13(2)14-6-4-3-5-7-14/h3-7,12-13,15-16H,8-11H2,1-2H3. The first kappa shape index (κ1) is 16.1. The van der Waals surface area contributed by atoms with Crippen molar-refractivity contribution in [2.24, 2.45) is 5.92 Å². The average molecular weight is 285 g/mol. The molecule has 0 heterocycles. The van der Waals surface area contributed by atoms with Gasteiger partial charge in [-0.25, -0.2) is 13.1 Å². The number of sulfonamides is 1. The van der Waals surface area contributed by atoms with Gasteiger partial charge in [0.1, 0.15) is 0 Å². The lowest BCUT2D eigenvalue weighted by Crippen LogP contribution is -2.32. The van der Waals surface area contributed by atoms with Crippen molar-refractivity contribution in [3.05, 3.63) is 35.9 Å². The number of hydrogen-bond donors (Lipinski definition) is 2. The van der Waals surface area contributed by atoms with E-state index in [9.17, 15) is 8.42 Å². The zero-order valence-corrected chi connectivity index (χ0v) is 12.4. The largest absolute Gasteiger partial charge is 0.396 e. The van der Waals surface area contributed by atoms with Gasteiger partial charge in [0.2, 0.25) is 10.0 Å². The molecule has 1 aromatic carbocycles. The van der Waals surface area contributed by atoms with Crippen LogP contribution < -0.4 is 4.72 Å². The Balaban J connectivity index is 2.50. The summed E-state index contributed by atoms with van der Waals surface area (Å²) >= 11 is 0. The smallest absolute Gasteiger partial charge is 0.212 e. The summed E-state index contributed by atoms with van der Waals surface area (Å²) in [6, 6.07) is 9.62. The van der Waals surface area contributed by atoms with Crippen molar-refractivity contribution in [1.29, 1.82) is 0 Å². The first-order valence-electron chi connectivity index (χ1n) is 6.57. The summed E-state index contributed by atoms with van der Waals surface area (Å²) in [5.41, 5.74) is 1.02. The first-order valence-corrected chi connectivity index (χ1v) is 8.23. The van der Waals surface area contributed by atoms with E-state index < -0.39 is 10.0 Å². The minimum Gasteiger partial charge on any atom is -0.396 e. The van der Waals surface area contributed by atoms with Crippen LogP contribution in [-0.4, -0.2) is 32.4 Å². The number of hydrogen-bond acceptors (Lipinski definition) is 3. The maximum atomic E-state index is 11.9. The van der Waals surface area contributed by atoms with Gasteiger partial charge in [0, 0.05) is 13.2 Å². The van der Waals surface area contributed by atoms with E-state index in [1.807, 2.05) is 44.2 Å². The van der Waals surface area contributed by atoms with Gasteiger partial charge < -0.3 is 5.11 Å². The number of benzene rings is 1. The topological polar surface area (TPSA) is 66.4 Å². The van der Waals surface area contributed by atoms with Gasteiger partial charge in [-0.3, -0.25) is 0 Å². The van der Waals surface area contributed by atoms with Crippen LogP contribution in [0.4, 0.5) is 0 Å². The minimum absolute atomic E-state index is 0.0353. The Morgan fingerprint density at radius 1 is 1.21 bits per heavy atom. The lowest BCUT2D eigenvalue weighted by molar-refractivity contribution is 0.263. The molecule has 5 heteroatoms. The Kier molecular flexibility index (Phi) is 6.48. The molecular weight excluding hydrogens is 262 g/mol. The van der Waals surface area contributed by atoms with Crippen LogP contribution in [0.15, 0.2) is 30.3 Å². The fourth-order valence-electron chi connectivity index (χ4n) is 1.86. The second kappa shape index (κ2) is 7.62. The van der Waals surface area contributed by atoms with Crippen LogP contribution in [0.5, 0.6) is 0 Å². The van der Waals surface area contributed by atoms with Crippen LogP contribution in [-0.2, 0) is 10.0 Å². The van der Waals surface area contributed by atoms with Crippen LogP contribution >= 0.6 is 0 Å². The zero-order valence-electron chi connectivity index (χ0n) is 11.5. The molecule has 0 aromatic heterocycles. The molecule has 19 heavy (non-hydrogen) atoms. The molecule has 4 nitrogen and oxygen atoms in total. The highest BCUT2D eigenvalue weighted by molar-refractivity contribution is 7.89. The number of rotatable bonds is 8. The van der Waals surface area contributed by atoms with E-state index in [1.165, 1.54) is 0 Å². The molecule has 2 unspecified atom stereocenters. The molecule has 108 valence electrons. The summed E-state index contributed by atoms with van der Waals surface area (Å²) in [7, 11) is -3.27. The molecule has 0 bridgehead atoms. The van der Waals surface area contributed by atoms with Gasteiger partial charge in [-0.15, -0.1) is 0 Å². The first-order chi connectivity index (χ1) is 8.94. The molecule has 0 fully saturated rings. The Morgan fingerprint density at radius 3 is 2.42 bits per heavy atom. The second-order valence-corrected chi connectivity index (χ2v) is 6.91. The van der Waals surface area contributed by atoms with Gasteiger partial charge in [-0.2, -0.15) is 0 Å². The van der Waals surface area contributed by atoms with E-state index in [0.717, 1.165) is 5.56 Å². The molecule has 0 aliphatic carbocycles. The Labute approximate surface area is 115 Å². The van der Waals surface area contributed by atoms with Crippen molar-refractivity contribution >= 4 is 10.0 Å². The molecule has 0 spiro atoms. The Morgan fingerprint density at radius 2 is 1.84 bits per heavy atom. The molecular formula is C14H23NO3S. The molecule has 1 rings (SSSR count). The summed E-state index contributed by atoms with van der Waals surface area (Å²) in [4.78, 5) is 0. The molecule has 0 saturated carbocycles. The minimum atomic E-state index is -3.27. The van der Waals surface area contributed by atoms with Crippen molar-refractivity contribution < 1.29 is 13.5 Å². The van der Waals surface area contributed by atoms with Gasteiger partial charge >= 0.3 is 0 Å². The molecule has 0 aliphatic heterocycles. The predicted molar refractivity (Wildman–Crippen MR) is 77.5 cm³/mol. The van der Waals surface area contributed by atoms with Gasteiger partial charge in [0.15, 0.2) is 0 Å². The fourth-order valence-corrected chi connectivity index (χ4v) is 3.36. The van der Waals surface area contributed by atoms with Crippen molar-refractivity contribution in [2.75, 3.05) is 18.9 Å². The molecule has 0 amide bonds. The third-order valence-corrected chi connectivity index (χ3v) is 4.66. The van der Waals surface area contributed by atoms with Crippen molar-refractivity contribution in [1.82, 2.24) is 4.72 Å². The van der Waals surface area contributed by atoms with Crippen LogP contribution in [0.2, 0.25) is 0 Å². The van der Waals surface area contributed by atoms with E-state index >= 15 is 0 Å². The maximum absolute atomic E-state index is 11.9. The zero-order chi connectivity index (χ0) is 14.3. The summed E-state index contributed by atoms with van der Waals surface area (Å²) in [6.07, 6.45) is 0.608. The summed E-state index contributed by atoms with van der Waals surface area (Å²) < 4.78 is 26.5.